The van der Waals surface area contributed by atoms with Crippen molar-refractivity contribution < 1.29 is 19.1 Å². The van der Waals surface area contributed by atoms with E-state index in [-0.39, 0.29) is 30.4 Å². The molecule has 190 valence electrons. The van der Waals surface area contributed by atoms with Crippen molar-refractivity contribution in [2.75, 3.05) is 26.2 Å². The van der Waals surface area contributed by atoms with Gasteiger partial charge in [0, 0.05) is 37.4 Å². The van der Waals surface area contributed by atoms with Crippen LogP contribution in [0.15, 0.2) is 66.9 Å². The molecular formula is C29H30N4O4. The first-order chi connectivity index (χ1) is 18.1. The van der Waals surface area contributed by atoms with Crippen molar-refractivity contribution >= 4 is 28.6 Å². The minimum absolute atomic E-state index is 0.0103. The fraction of sp³-hybridized carbons (Fsp3) is 0.379. The van der Waals surface area contributed by atoms with E-state index in [2.05, 4.69) is 10.3 Å². The van der Waals surface area contributed by atoms with E-state index in [1.54, 1.807) is 18.3 Å². The second-order valence-corrected chi connectivity index (χ2v) is 10.1. The lowest BCUT2D eigenvalue weighted by Crippen LogP contribution is -2.54. The van der Waals surface area contributed by atoms with Gasteiger partial charge < -0.3 is 15.0 Å². The molecule has 4 heterocycles. The van der Waals surface area contributed by atoms with Crippen molar-refractivity contribution in [3.8, 4) is 0 Å². The van der Waals surface area contributed by atoms with Crippen molar-refractivity contribution in [1.82, 2.24) is 20.1 Å². The maximum Gasteiger partial charge on any atom is 0.325 e. The molecule has 0 saturated carbocycles. The number of benzene rings is 2. The Labute approximate surface area is 215 Å². The molecule has 0 spiro atoms. The normalized spacial score (nSPS) is 24.6. The van der Waals surface area contributed by atoms with Gasteiger partial charge in [-0.2, -0.15) is 0 Å². The fourth-order valence-corrected chi connectivity index (χ4v) is 6.11. The number of aromatic nitrogens is 1. The van der Waals surface area contributed by atoms with Crippen LogP contribution in [-0.2, 0) is 15.1 Å². The molecular weight excluding hydrogens is 468 g/mol. The Balaban J connectivity index is 1.25. The lowest BCUT2D eigenvalue weighted by molar-refractivity contribution is -0.135. The summed E-state index contributed by atoms with van der Waals surface area (Å²) < 4.78 is 5.71. The number of fused-ring (bicyclic) bond motifs is 1. The minimum atomic E-state index is -1.24. The number of carbonyl (C=O) groups excluding carboxylic acids is 3. The second kappa shape index (κ2) is 9.59. The van der Waals surface area contributed by atoms with Gasteiger partial charge in [-0.05, 0) is 54.7 Å². The molecule has 1 aromatic heterocycles. The minimum Gasteiger partial charge on any atom is -0.376 e. The molecule has 3 fully saturated rings. The Bertz CT molecular complexity index is 1330. The van der Waals surface area contributed by atoms with Gasteiger partial charge in [0.1, 0.15) is 0 Å². The summed E-state index contributed by atoms with van der Waals surface area (Å²) in [7, 11) is 0. The van der Waals surface area contributed by atoms with Crippen molar-refractivity contribution in [3.63, 3.8) is 0 Å². The van der Waals surface area contributed by atoms with Crippen LogP contribution in [0.2, 0.25) is 0 Å². The summed E-state index contributed by atoms with van der Waals surface area (Å²) in [4.78, 5) is 48.3. The molecule has 4 amide bonds. The third-order valence-electron chi connectivity index (χ3n) is 8.03. The number of hydrogen-bond acceptors (Lipinski definition) is 5. The van der Waals surface area contributed by atoms with Crippen molar-refractivity contribution in [2.45, 2.75) is 37.3 Å². The number of amides is 4. The number of nitrogens with one attached hydrogen (secondary N) is 1. The van der Waals surface area contributed by atoms with Gasteiger partial charge in [-0.15, -0.1) is 0 Å². The first-order valence-corrected chi connectivity index (χ1v) is 13.0. The van der Waals surface area contributed by atoms with Gasteiger partial charge in [-0.3, -0.25) is 19.5 Å². The van der Waals surface area contributed by atoms with Crippen LogP contribution in [0, 0.1) is 5.92 Å². The zero-order valence-electron chi connectivity index (χ0n) is 20.6. The summed E-state index contributed by atoms with van der Waals surface area (Å²) in [5.41, 5.74) is -0.0167. The predicted molar refractivity (Wildman–Crippen MR) is 138 cm³/mol. The van der Waals surface area contributed by atoms with E-state index in [4.69, 9.17) is 4.74 Å². The quantitative estimate of drug-likeness (QED) is 0.542. The number of rotatable bonds is 5. The number of pyridine rings is 1. The van der Waals surface area contributed by atoms with Crippen LogP contribution in [0.3, 0.4) is 0 Å². The summed E-state index contributed by atoms with van der Waals surface area (Å²) in [6, 6.07) is 18.7. The molecule has 0 bridgehead atoms. The van der Waals surface area contributed by atoms with E-state index < -0.39 is 11.6 Å². The van der Waals surface area contributed by atoms with Crippen LogP contribution in [0.4, 0.5) is 4.79 Å². The maximum absolute atomic E-state index is 14.0. The molecule has 6 rings (SSSR count). The average Bonchev–Trinajstić information content (AvgIpc) is 3.56. The maximum atomic E-state index is 14.0. The van der Waals surface area contributed by atoms with Crippen LogP contribution in [0.5, 0.6) is 0 Å². The Morgan fingerprint density at radius 2 is 1.78 bits per heavy atom. The van der Waals surface area contributed by atoms with Gasteiger partial charge in [0.2, 0.25) is 0 Å². The molecule has 3 saturated heterocycles. The largest absolute Gasteiger partial charge is 0.376 e. The first-order valence-electron chi connectivity index (χ1n) is 13.0. The van der Waals surface area contributed by atoms with Crippen LogP contribution < -0.4 is 5.32 Å². The van der Waals surface area contributed by atoms with Crippen molar-refractivity contribution in [2.24, 2.45) is 5.92 Å². The molecule has 0 radical (unpaired) electrons. The standard InChI is InChI=1S/C29H30N4O4/c34-26(24-11-5-8-20-7-1-2-10-23(20)24)32-16-13-21(14-17-32)29(25-12-3-4-15-30-25)27(35)33(28(36)31-29)19-22-9-6-18-37-22/h1-5,7-8,10-12,15,21-22H,6,9,13-14,16-19H2,(H,31,36)/t22-,29+/m0/s1. The SMILES string of the molecule is O=C(c1cccc2ccccc12)N1CCC([C@]2(c3ccccn3)NC(=O)N(C[C@@H]3CCCO3)C2=O)CC1. The smallest absolute Gasteiger partial charge is 0.325 e. The Morgan fingerprint density at radius 1 is 1.00 bits per heavy atom. The Kier molecular flexibility index (Phi) is 6.12. The van der Waals surface area contributed by atoms with Crippen LogP contribution in [-0.4, -0.2) is 65.0 Å². The summed E-state index contributed by atoms with van der Waals surface area (Å²) in [6.45, 7) is 1.90. The molecule has 3 aliphatic heterocycles. The number of nitrogens with zero attached hydrogens (tertiary/aromatic N) is 3. The Hall–Kier alpha value is -3.78. The predicted octanol–water partition coefficient (Wildman–Crippen LogP) is 3.71. The molecule has 8 nitrogen and oxygen atoms in total. The van der Waals surface area contributed by atoms with Crippen molar-refractivity contribution in [1.29, 1.82) is 0 Å². The van der Waals surface area contributed by atoms with E-state index in [0.717, 1.165) is 23.6 Å². The summed E-state index contributed by atoms with van der Waals surface area (Å²) in [5, 5.41) is 5.01. The number of piperidine rings is 1. The second-order valence-electron chi connectivity index (χ2n) is 10.1. The van der Waals surface area contributed by atoms with Gasteiger partial charge in [-0.25, -0.2) is 4.79 Å². The number of urea groups is 1. The number of ether oxygens (including phenoxy) is 1. The van der Waals surface area contributed by atoms with E-state index in [1.165, 1.54) is 4.90 Å². The zero-order chi connectivity index (χ0) is 25.4. The topological polar surface area (TPSA) is 91.8 Å². The first kappa shape index (κ1) is 23.6. The highest BCUT2D eigenvalue weighted by Crippen LogP contribution is 2.41. The molecule has 2 aromatic carbocycles. The average molecular weight is 499 g/mol. The molecule has 0 aliphatic carbocycles. The highest BCUT2D eigenvalue weighted by atomic mass is 16.5. The fourth-order valence-electron chi connectivity index (χ4n) is 6.11. The number of hydrogen-bond donors (Lipinski definition) is 1. The van der Waals surface area contributed by atoms with Gasteiger partial charge in [0.25, 0.3) is 11.8 Å². The molecule has 0 unspecified atom stereocenters. The molecule has 1 N–H and O–H groups in total. The summed E-state index contributed by atoms with van der Waals surface area (Å²) in [6.07, 6.45) is 4.44. The molecule has 2 atom stereocenters. The van der Waals surface area contributed by atoms with Crippen LogP contribution >= 0.6 is 0 Å². The van der Waals surface area contributed by atoms with E-state index in [0.29, 0.717) is 43.8 Å². The third kappa shape index (κ3) is 4.05. The molecule has 3 aromatic rings. The van der Waals surface area contributed by atoms with E-state index in [9.17, 15) is 14.4 Å². The van der Waals surface area contributed by atoms with E-state index >= 15 is 0 Å². The van der Waals surface area contributed by atoms with Crippen LogP contribution in [0.25, 0.3) is 10.8 Å². The third-order valence-corrected chi connectivity index (χ3v) is 8.03. The monoisotopic (exact) mass is 498 g/mol. The number of likely N-dealkylation sites (tertiary alicyclic amines) is 1. The van der Waals surface area contributed by atoms with Gasteiger partial charge >= 0.3 is 6.03 Å². The molecule has 3 aliphatic rings. The summed E-state index contributed by atoms with van der Waals surface area (Å²) >= 11 is 0. The lowest BCUT2D eigenvalue weighted by Gasteiger charge is -2.40. The number of imide groups is 1. The van der Waals surface area contributed by atoms with Gasteiger partial charge in [0.05, 0.1) is 18.3 Å². The lowest BCUT2D eigenvalue weighted by atomic mass is 9.75. The van der Waals surface area contributed by atoms with Crippen LogP contribution in [0.1, 0.15) is 41.7 Å². The van der Waals surface area contributed by atoms with Gasteiger partial charge in [-0.1, -0.05) is 42.5 Å². The number of carbonyl (C=O) groups is 3. The summed E-state index contributed by atoms with van der Waals surface area (Å²) in [5.74, 6) is -0.473. The highest BCUT2D eigenvalue weighted by molar-refractivity contribution is 6.08. The molecule has 8 heteroatoms. The zero-order valence-corrected chi connectivity index (χ0v) is 20.6. The molecule has 37 heavy (non-hydrogen) atoms. The van der Waals surface area contributed by atoms with E-state index in [1.807, 2.05) is 53.4 Å². The highest BCUT2D eigenvalue weighted by Gasteiger charge is 2.58. The van der Waals surface area contributed by atoms with Crippen molar-refractivity contribution in [3.05, 3.63) is 78.1 Å². The van der Waals surface area contributed by atoms with Gasteiger partial charge in [0.15, 0.2) is 5.54 Å². The Morgan fingerprint density at radius 3 is 2.54 bits per heavy atom.